The van der Waals surface area contributed by atoms with Crippen molar-refractivity contribution in [2.45, 2.75) is 19.4 Å². The Labute approximate surface area is 182 Å². The van der Waals surface area contributed by atoms with Crippen LogP contribution in [0.5, 0.6) is 5.75 Å². The third-order valence-corrected chi connectivity index (χ3v) is 7.12. The van der Waals surface area contributed by atoms with E-state index in [1.807, 2.05) is 39.4 Å². The molecule has 0 bridgehead atoms. The van der Waals surface area contributed by atoms with Gasteiger partial charge in [0.25, 0.3) is 5.91 Å². The predicted molar refractivity (Wildman–Crippen MR) is 117 cm³/mol. The van der Waals surface area contributed by atoms with E-state index in [4.69, 9.17) is 4.74 Å². The second-order valence-electron chi connectivity index (χ2n) is 8.14. The quantitative estimate of drug-likeness (QED) is 0.786. The van der Waals surface area contributed by atoms with E-state index in [1.165, 1.54) is 21.8 Å². The van der Waals surface area contributed by atoms with Crippen LogP contribution in [0.25, 0.3) is 0 Å². The second-order valence-corrected chi connectivity index (χ2v) is 9.09. The first-order valence-corrected chi connectivity index (χ1v) is 11.6. The fourth-order valence-corrected chi connectivity index (χ4v) is 5.09. The van der Waals surface area contributed by atoms with E-state index in [0.717, 1.165) is 56.2 Å². The Morgan fingerprint density at radius 3 is 2.33 bits per heavy atom. The van der Waals surface area contributed by atoms with Crippen LogP contribution in [-0.2, 0) is 11.3 Å². The van der Waals surface area contributed by atoms with Gasteiger partial charge < -0.3 is 19.4 Å². The van der Waals surface area contributed by atoms with Crippen LogP contribution in [0.4, 0.5) is 0 Å². The zero-order chi connectivity index (χ0) is 20.9. The highest BCUT2D eigenvalue weighted by atomic mass is 32.1. The molecule has 0 aliphatic carbocycles. The standard InChI is InChI=1S/C23H29N3O3S/c1-29-20-6-4-18(5-7-20)17-24-12-14-26(15-13-24)22(27)19-8-10-25(11-9-19)23(28)21-3-2-16-30-21/h2-7,16,19H,8-15,17H2,1H3/p+1. The molecule has 4 rings (SSSR count). The number of thiophene rings is 1. The van der Waals surface area contributed by atoms with E-state index in [9.17, 15) is 9.59 Å². The minimum Gasteiger partial charge on any atom is -0.497 e. The van der Waals surface area contributed by atoms with Crippen molar-refractivity contribution < 1.29 is 19.2 Å². The van der Waals surface area contributed by atoms with Crippen molar-refractivity contribution in [3.63, 3.8) is 0 Å². The normalized spacial score (nSPS) is 18.4. The monoisotopic (exact) mass is 428 g/mol. The first kappa shape index (κ1) is 20.9. The van der Waals surface area contributed by atoms with Crippen molar-refractivity contribution in [3.8, 4) is 5.75 Å². The molecule has 2 aliphatic heterocycles. The molecule has 2 aromatic rings. The zero-order valence-corrected chi connectivity index (χ0v) is 18.3. The highest BCUT2D eigenvalue weighted by Crippen LogP contribution is 2.22. The molecular weight excluding hydrogens is 398 g/mol. The van der Waals surface area contributed by atoms with Gasteiger partial charge in [-0.3, -0.25) is 9.59 Å². The Morgan fingerprint density at radius 1 is 1.03 bits per heavy atom. The first-order valence-electron chi connectivity index (χ1n) is 10.7. The molecule has 1 aromatic carbocycles. The van der Waals surface area contributed by atoms with Crippen molar-refractivity contribution in [2.24, 2.45) is 5.92 Å². The molecule has 1 aromatic heterocycles. The highest BCUT2D eigenvalue weighted by molar-refractivity contribution is 7.12. The Kier molecular flexibility index (Phi) is 6.69. The van der Waals surface area contributed by atoms with E-state index in [0.29, 0.717) is 13.1 Å². The predicted octanol–water partition coefficient (Wildman–Crippen LogP) is 1.54. The number of quaternary nitrogens is 1. The number of piperazine rings is 1. The number of piperidine rings is 1. The summed E-state index contributed by atoms with van der Waals surface area (Å²) < 4.78 is 5.22. The summed E-state index contributed by atoms with van der Waals surface area (Å²) in [6.45, 7) is 5.93. The summed E-state index contributed by atoms with van der Waals surface area (Å²) in [4.78, 5) is 31.7. The fraction of sp³-hybridized carbons (Fsp3) is 0.478. The van der Waals surface area contributed by atoms with Crippen LogP contribution in [0, 0.1) is 5.92 Å². The summed E-state index contributed by atoms with van der Waals surface area (Å²) in [5.41, 5.74) is 1.30. The van der Waals surface area contributed by atoms with Gasteiger partial charge in [-0.2, -0.15) is 0 Å². The average molecular weight is 429 g/mol. The third-order valence-electron chi connectivity index (χ3n) is 6.26. The molecule has 30 heavy (non-hydrogen) atoms. The van der Waals surface area contributed by atoms with E-state index in [1.54, 1.807) is 7.11 Å². The number of hydrogen-bond acceptors (Lipinski definition) is 4. The summed E-state index contributed by atoms with van der Waals surface area (Å²) in [5.74, 6) is 1.32. The maximum atomic E-state index is 13.0. The molecular formula is C23H30N3O3S+. The van der Waals surface area contributed by atoms with Crippen LogP contribution < -0.4 is 9.64 Å². The summed E-state index contributed by atoms with van der Waals surface area (Å²) >= 11 is 1.48. The van der Waals surface area contributed by atoms with Gasteiger partial charge in [0.05, 0.1) is 38.2 Å². The maximum Gasteiger partial charge on any atom is 0.263 e. The number of ether oxygens (including phenoxy) is 1. The molecule has 1 N–H and O–H groups in total. The molecule has 2 fully saturated rings. The summed E-state index contributed by atoms with van der Waals surface area (Å²) in [7, 11) is 1.68. The number of carbonyl (C=O) groups excluding carboxylic acids is 2. The largest absolute Gasteiger partial charge is 0.497 e. The Morgan fingerprint density at radius 2 is 1.73 bits per heavy atom. The lowest BCUT2D eigenvalue weighted by atomic mass is 9.94. The highest BCUT2D eigenvalue weighted by Gasteiger charge is 2.33. The minimum absolute atomic E-state index is 0.0560. The lowest BCUT2D eigenvalue weighted by molar-refractivity contribution is -0.917. The van der Waals surface area contributed by atoms with Gasteiger partial charge in [-0.05, 0) is 48.6 Å². The van der Waals surface area contributed by atoms with Crippen LogP contribution >= 0.6 is 11.3 Å². The van der Waals surface area contributed by atoms with Crippen LogP contribution in [0.1, 0.15) is 28.1 Å². The zero-order valence-electron chi connectivity index (χ0n) is 17.5. The first-order chi connectivity index (χ1) is 14.6. The van der Waals surface area contributed by atoms with Gasteiger partial charge in [-0.15, -0.1) is 11.3 Å². The topological polar surface area (TPSA) is 54.3 Å². The molecule has 2 aliphatic rings. The average Bonchev–Trinajstić information content (AvgIpc) is 3.34. The number of carbonyl (C=O) groups is 2. The molecule has 0 atom stereocenters. The molecule has 6 nitrogen and oxygen atoms in total. The summed E-state index contributed by atoms with van der Waals surface area (Å²) in [5, 5.41) is 1.93. The van der Waals surface area contributed by atoms with Gasteiger partial charge in [0.2, 0.25) is 5.91 Å². The van der Waals surface area contributed by atoms with Crippen molar-refractivity contribution in [1.29, 1.82) is 0 Å². The van der Waals surface area contributed by atoms with E-state index in [-0.39, 0.29) is 17.7 Å². The number of nitrogens with one attached hydrogen (secondary N) is 1. The molecule has 2 saturated heterocycles. The SMILES string of the molecule is COc1ccc(C[NH+]2CCN(C(=O)C3CCN(C(=O)c4cccs4)CC3)CC2)cc1. The molecule has 160 valence electrons. The number of amides is 2. The Balaban J connectivity index is 1.22. The van der Waals surface area contributed by atoms with Crippen LogP contribution in [0.15, 0.2) is 41.8 Å². The van der Waals surface area contributed by atoms with Gasteiger partial charge in [-0.1, -0.05) is 6.07 Å². The number of methoxy groups -OCH3 is 1. The summed E-state index contributed by atoms with van der Waals surface area (Å²) in [6.07, 6.45) is 1.55. The second kappa shape index (κ2) is 9.62. The third kappa shape index (κ3) is 4.84. The molecule has 0 saturated carbocycles. The molecule has 2 amide bonds. The number of likely N-dealkylation sites (tertiary alicyclic amines) is 1. The van der Waals surface area contributed by atoms with Gasteiger partial charge in [-0.25, -0.2) is 0 Å². The lowest BCUT2D eigenvalue weighted by Gasteiger charge is -2.37. The lowest BCUT2D eigenvalue weighted by Crippen LogP contribution is -3.13. The van der Waals surface area contributed by atoms with Crippen molar-refractivity contribution >= 4 is 23.2 Å². The number of benzene rings is 1. The number of nitrogens with zero attached hydrogens (tertiary/aromatic N) is 2. The smallest absolute Gasteiger partial charge is 0.263 e. The number of hydrogen-bond donors (Lipinski definition) is 1. The molecule has 0 spiro atoms. The Hall–Kier alpha value is -2.38. The fourth-order valence-electron chi connectivity index (χ4n) is 4.40. The maximum absolute atomic E-state index is 13.0. The van der Waals surface area contributed by atoms with Crippen LogP contribution in [-0.4, -0.2) is 68.0 Å². The van der Waals surface area contributed by atoms with Crippen LogP contribution in [0.2, 0.25) is 0 Å². The molecule has 0 unspecified atom stereocenters. The van der Waals surface area contributed by atoms with Crippen molar-refractivity contribution in [1.82, 2.24) is 9.80 Å². The molecule has 3 heterocycles. The van der Waals surface area contributed by atoms with Crippen molar-refractivity contribution in [2.75, 3.05) is 46.4 Å². The van der Waals surface area contributed by atoms with Gasteiger partial charge >= 0.3 is 0 Å². The van der Waals surface area contributed by atoms with Gasteiger partial charge in [0.15, 0.2) is 0 Å². The van der Waals surface area contributed by atoms with E-state index < -0.39 is 0 Å². The minimum atomic E-state index is 0.0560. The van der Waals surface area contributed by atoms with Gasteiger partial charge in [0.1, 0.15) is 12.3 Å². The Bertz CT molecular complexity index is 837. The summed E-state index contributed by atoms with van der Waals surface area (Å²) in [6, 6.07) is 12.0. The van der Waals surface area contributed by atoms with E-state index in [2.05, 4.69) is 12.1 Å². The van der Waals surface area contributed by atoms with Gasteiger partial charge in [0, 0.05) is 24.6 Å². The molecule has 0 radical (unpaired) electrons. The van der Waals surface area contributed by atoms with Crippen LogP contribution in [0.3, 0.4) is 0 Å². The van der Waals surface area contributed by atoms with E-state index >= 15 is 0 Å². The number of rotatable bonds is 5. The molecule has 7 heteroatoms. The van der Waals surface area contributed by atoms with Crippen molar-refractivity contribution in [3.05, 3.63) is 52.2 Å².